The van der Waals surface area contributed by atoms with E-state index in [-0.39, 0.29) is 36.6 Å². The quantitative estimate of drug-likeness (QED) is 0.859. The van der Waals surface area contributed by atoms with Gasteiger partial charge in [0.05, 0.1) is 24.1 Å². The minimum absolute atomic E-state index is 0.0294. The van der Waals surface area contributed by atoms with E-state index in [0.29, 0.717) is 12.1 Å². The van der Waals surface area contributed by atoms with Crippen LogP contribution in [0.2, 0.25) is 0 Å². The number of aromatic carboxylic acids is 1. The molecule has 0 amide bonds. The van der Waals surface area contributed by atoms with Crippen LogP contribution in [-0.2, 0) is 6.54 Å². The molecule has 2 aromatic rings. The fraction of sp³-hybridized carbons (Fsp3) is 0.333. The number of aliphatic hydroxyl groups excluding tert-OH is 1. The van der Waals surface area contributed by atoms with Crippen molar-refractivity contribution in [1.82, 2.24) is 4.57 Å². The molecule has 7 nitrogen and oxygen atoms in total. The number of hydrogen-bond donors (Lipinski definition) is 2. The van der Waals surface area contributed by atoms with Gasteiger partial charge in [-0.3, -0.25) is 4.79 Å². The van der Waals surface area contributed by atoms with Gasteiger partial charge in [-0.25, -0.2) is 9.18 Å². The Morgan fingerprint density at radius 2 is 2.26 bits per heavy atom. The molecule has 1 aromatic carbocycles. The lowest BCUT2D eigenvalue weighted by Crippen LogP contribution is -2.28. The van der Waals surface area contributed by atoms with E-state index in [0.717, 1.165) is 6.07 Å². The van der Waals surface area contributed by atoms with Crippen LogP contribution in [0.3, 0.4) is 0 Å². The average Bonchev–Trinajstić information content (AvgIpc) is 2.50. The molecular formula is C15H15FN2O5. The highest BCUT2D eigenvalue weighted by atomic mass is 19.1. The first-order valence-corrected chi connectivity index (χ1v) is 7.03. The number of likely N-dealkylation sites (N-methyl/N-ethyl adjacent to an activating group) is 1. The minimum atomic E-state index is -1.35. The number of carboxylic acid groups (broad SMARTS) is 1. The first-order valence-electron chi connectivity index (χ1n) is 7.03. The van der Waals surface area contributed by atoms with Crippen molar-refractivity contribution < 1.29 is 24.1 Å². The largest absolute Gasteiger partial charge is 0.487 e. The zero-order chi connectivity index (χ0) is 16.7. The Kier molecular flexibility index (Phi) is 3.69. The molecule has 1 aliphatic heterocycles. The molecule has 23 heavy (non-hydrogen) atoms. The van der Waals surface area contributed by atoms with Gasteiger partial charge in [0.1, 0.15) is 17.9 Å². The standard InChI is InChI=1S/C15H15FN2O5/c1-17(2-4-19)12-10(16)6-8-11-14(12)23-5-3-18(11)7-9(13(8)20)15(21)22/h6-7,19H,2-5H2,1H3,(H,21,22). The van der Waals surface area contributed by atoms with Crippen molar-refractivity contribution in [2.75, 3.05) is 31.7 Å². The Balaban J connectivity index is 2.39. The number of ether oxygens (including phenoxy) is 1. The third-order valence-corrected chi connectivity index (χ3v) is 3.87. The number of rotatable bonds is 4. The van der Waals surface area contributed by atoms with Crippen molar-refractivity contribution in [1.29, 1.82) is 0 Å². The van der Waals surface area contributed by atoms with Crippen molar-refractivity contribution in [3.63, 3.8) is 0 Å². The lowest BCUT2D eigenvalue weighted by molar-refractivity contribution is 0.0694. The third kappa shape index (κ3) is 2.31. The maximum atomic E-state index is 14.5. The summed E-state index contributed by atoms with van der Waals surface area (Å²) in [4.78, 5) is 25.0. The lowest BCUT2D eigenvalue weighted by atomic mass is 10.1. The molecule has 0 saturated carbocycles. The topological polar surface area (TPSA) is 92.0 Å². The summed E-state index contributed by atoms with van der Waals surface area (Å²) in [6, 6.07) is 1.03. The van der Waals surface area contributed by atoms with Gasteiger partial charge in [0.25, 0.3) is 0 Å². The fourth-order valence-corrected chi connectivity index (χ4v) is 2.82. The Labute approximate surface area is 130 Å². The third-order valence-electron chi connectivity index (χ3n) is 3.87. The lowest BCUT2D eigenvalue weighted by Gasteiger charge is -2.27. The van der Waals surface area contributed by atoms with Crippen molar-refractivity contribution in [2.24, 2.45) is 0 Å². The van der Waals surface area contributed by atoms with Crippen LogP contribution in [0.5, 0.6) is 5.75 Å². The van der Waals surface area contributed by atoms with E-state index in [9.17, 15) is 14.0 Å². The van der Waals surface area contributed by atoms with Gasteiger partial charge >= 0.3 is 5.97 Å². The molecule has 0 spiro atoms. The predicted octanol–water partition coefficient (Wildman–Crippen LogP) is 0.660. The van der Waals surface area contributed by atoms with E-state index in [2.05, 4.69) is 0 Å². The van der Waals surface area contributed by atoms with Gasteiger partial charge in [-0.05, 0) is 6.07 Å². The van der Waals surface area contributed by atoms with Crippen LogP contribution in [0, 0.1) is 5.82 Å². The van der Waals surface area contributed by atoms with E-state index in [1.54, 1.807) is 11.6 Å². The number of hydrogen-bond acceptors (Lipinski definition) is 5. The van der Waals surface area contributed by atoms with Crippen molar-refractivity contribution in [3.05, 3.63) is 33.9 Å². The molecule has 0 unspecified atom stereocenters. The van der Waals surface area contributed by atoms with Crippen LogP contribution in [0.1, 0.15) is 10.4 Å². The molecule has 2 N–H and O–H groups in total. The normalized spacial score (nSPS) is 13.0. The highest BCUT2D eigenvalue weighted by molar-refractivity contribution is 5.97. The molecule has 1 aromatic heterocycles. The number of anilines is 1. The molecule has 0 aliphatic carbocycles. The smallest absolute Gasteiger partial charge is 0.341 e. The number of aromatic nitrogens is 1. The summed E-state index contributed by atoms with van der Waals surface area (Å²) in [7, 11) is 1.60. The monoisotopic (exact) mass is 322 g/mol. The van der Waals surface area contributed by atoms with Gasteiger partial charge < -0.3 is 24.4 Å². The second-order valence-electron chi connectivity index (χ2n) is 5.30. The summed E-state index contributed by atoms with van der Waals surface area (Å²) in [5, 5.41) is 18.2. The van der Waals surface area contributed by atoms with Crippen LogP contribution >= 0.6 is 0 Å². The summed E-state index contributed by atoms with van der Waals surface area (Å²) in [6.07, 6.45) is 1.26. The van der Waals surface area contributed by atoms with Gasteiger partial charge in [0, 0.05) is 19.8 Å². The van der Waals surface area contributed by atoms with E-state index >= 15 is 0 Å². The Bertz CT molecular complexity index is 861. The van der Waals surface area contributed by atoms with E-state index in [4.69, 9.17) is 14.9 Å². The number of aliphatic hydroxyl groups is 1. The zero-order valence-electron chi connectivity index (χ0n) is 12.4. The first-order chi connectivity index (χ1) is 11.0. The SMILES string of the molecule is CN(CCO)c1c(F)cc2c(=O)c(C(=O)O)cn3c2c1OCC3. The number of carbonyl (C=O) groups is 1. The number of carboxylic acids is 1. The Morgan fingerprint density at radius 3 is 2.91 bits per heavy atom. The molecule has 0 atom stereocenters. The van der Waals surface area contributed by atoms with Crippen LogP contribution in [0.15, 0.2) is 17.1 Å². The van der Waals surface area contributed by atoms with E-state index in [1.165, 1.54) is 11.1 Å². The number of pyridine rings is 1. The van der Waals surface area contributed by atoms with Crippen molar-refractivity contribution in [3.8, 4) is 5.75 Å². The zero-order valence-corrected chi connectivity index (χ0v) is 12.4. The predicted molar refractivity (Wildman–Crippen MR) is 81.0 cm³/mol. The molecule has 8 heteroatoms. The minimum Gasteiger partial charge on any atom is -0.487 e. The molecule has 1 aliphatic rings. The number of benzene rings is 1. The van der Waals surface area contributed by atoms with Gasteiger partial charge in [-0.1, -0.05) is 0 Å². The summed E-state index contributed by atoms with van der Waals surface area (Å²) in [5.74, 6) is -1.86. The number of nitrogens with zero attached hydrogens (tertiary/aromatic N) is 2. The summed E-state index contributed by atoms with van der Waals surface area (Å²) in [6.45, 7) is 0.612. The summed E-state index contributed by atoms with van der Waals surface area (Å²) in [5.41, 5.74) is -0.637. The van der Waals surface area contributed by atoms with Gasteiger partial charge in [0.2, 0.25) is 5.43 Å². The summed E-state index contributed by atoms with van der Waals surface area (Å²) < 4.78 is 21.7. The molecular weight excluding hydrogens is 307 g/mol. The Hall–Kier alpha value is -2.61. The van der Waals surface area contributed by atoms with Crippen molar-refractivity contribution in [2.45, 2.75) is 6.54 Å². The second-order valence-corrected chi connectivity index (χ2v) is 5.30. The number of halogens is 1. The van der Waals surface area contributed by atoms with E-state index in [1.807, 2.05) is 0 Å². The van der Waals surface area contributed by atoms with Gasteiger partial charge in [-0.15, -0.1) is 0 Å². The molecule has 2 heterocycles. The Morgan fingerprint density at radius 1 is 1.52 bits per heavy atom. The molecule has 0 radical (unpaired) electrons. The average molecular weight is 322 g/mol. The highest BCUT2D eigenvalue weighted by Crippen LogP contribution is 2.39. The van der Waals surface area contributed by atoms with E-state index < -0.39 is 22.8 Å². The second kappa shape index (κ2) is 5.54. The fourth-order valence-electron chi connectivity index (χ4n) is 2.82. The van der Waals surface area contributed by atoms with Gasteiger partial charge in [0.15, 0.2) is 11.6 Å². The molecule has 122 valence electrons. The molecule has 0 fully saturated rings. The maximum absolute atomic E-state index is 14.5. The molecule has 0 bridgehead atoms. The molecule has 3 rings (SSSR count). The highest BCUT2D eigenvalue weighted by Gasteiger charge is 2.26. The van der Waals surface area contributed by atoms with Crippen LogP contribution in [-0.4, -0.2) is 47.6 Å². The van der Waals surface area contributed by atoms with Crippen LogP contribution in [0.4, 0.5) is 10.1 Å². The first kappa shape index (κ1) is 15.3. The molecule has 0 saturated heterocycles. The maximum Gasteiger partial charge on any atom is 0.341 e. The van der Waals surface area contributed by atoms with Crippen molar-refractivity contribution >= 4 is 22.6 Å². The van der Waals surface area contributed by atoms with Gasteiger partial charge in [-0.2, -0.15) is 0 Å². The summed E-state index contributed by atoms with van der Waals surface area (Å²) >= 11 is 0. The van der Waals surface area contributed by atoms with Crippen LogP contribution in [0.25, 0.3) is 10.9 Å². The van der Waals surface area contributed by atoms with Crippen LogP contribution < -0.4 is 15.1 Å².